The minimum absolute atomic E-state index is 0.0333. The second-order valence-electron chi connectivity index (χ2n) is 10.2. The molecule has 4 fully saturated rings. The van der Waals surface area contributed by atoms with E-state index >= 15 is 0 Å². The molecule has 2 bridgehead atoms. The minimum atomic E-state index is -3.33. The van der Waals surface area contributed by atoms with Gasteiger partial charge in [0.25, 0.3) is 0 Å². The van der Waals surface area contributed by atoms with Crippen LogP contribution in [-0.4, -0.2) is 66.2 Å². The summed E-state index contributed by atoms with van der Waals surface area (Å²) >= 11 is 0. The molecular weight excluding hydrogens is 364 g/mol. The Balaban J connectivity index is 1.61. The first-order chi connectivity index (χ1) is 12.5. The molecule has 0 aromatic rings. The number of rotatable bonds is 3. The molecule has 7 heteroatoms. The molecule has 2 saturated heterocycles. The summed E-state index contributed by atoms with van der Waals surface area (Å²) in [5.41, 5.74) is -0.629. The summed E-state index contributed by atoms with van der Waals surface area (Å²) in [6.07, 6.45) is 5.34. The highest BCUT2D eigenvalue weighted by molar-refractivity contribution is 7.89. The fraction of sp³-hybridized carbons (Fsp3) is 0.950. The molecule has 1 amide bonds. The van der Waals surface area contributed by atoms with E-state index < -0.39 is 21.7 Å². The van der Waals surface area contributed by atoms with Crippen LogP contribution < -0.4 is 0 Å². The SMILES string of the molecule is CC(C)C(C(=O)N1CC(C)(C)O[C@@]2(C[C@@H]3CC[C@H]2C3)C1)N1CCCS1(=O)=O. The molecule has 2 heterocycles. The van der Waals surface area contributed by atoms with Crippen molar-refractivity contribution in [2.24, 2.45) is 17.8 Å². The van der Waals surface area contributed by atoms with Gasteiger partial charge in [0.1, 0.15) is 6.04 Å². The van der Waals surface area contributed by atoms with Gasteiger partial charge in [-0.1, -0.05) is 13.8 Å². The second kappa shape index (κ2) is 6.42. The first-order valence-electron chi connectivity index (χ1n) is 10.5. The maximum absolute atomic E-state index is 13.6. The monoisotopic (exact) mass is 398 g/mol. The van der Waals surface area contributed by atoms with Crippen molar-refractivity contribution in [3.05, 3.63) is 0 Å². The van der Waals surface area contributed by atoms with E-state index in [0.29, 0.717) is 32.0 Å². The summed E-state index contributed by atoms with van der Waals surface area (Å²) in [5.74, 6) is 1.33. The molecule has 2 saturated carbocycles. The lowest BCUT2D eigenvalue weighted by Gasteiger charge is -2.53. The summed E-state index contributed by atoms with van der Waals surface area (Å²) in [4.78, 5) is 15.5. The number of carbonyl (C=O) groups excluding carboxylic acids is 1. The number of carbonyl (C=O) groups is 1. The van der Waals surface area contributed by atoms with Crippen LogP contribution >= 0.6 is 0 Å². The number of fused-ring (bicyclic) bond motifs is 3. The van der Waals surface area contributed by atoms with E-state index in [0.717, 1.165) is 12.3 Å². The quantitative estimate of drug-likeness (QED) is 0.731. The molecule has 0 aromatic carbocycles. The average Bonchev–Trinajstić information content (AvgIpc) is 3.20. The molecule has 2 aliphatic heterocycles. The van der Waals surface area contributed by atoms with E-state index in [-0.39, 0.29) is 23.2 Å². The number of nitrogens with zero attached hydrogens (tertiary/aromatic N) is 2. The maximum Gasteiger partial charge on any atom is 0.241 e. The summed E-state index contributed by atoms with van der Waals surface area (Å²) in [6, 6.07) is -0.595. The lowest BCUT2D eigenvalue weighted by molar-refractivity contribution is -0.219. The highest BCUT2D eigenvalue weighted by Crippen LogP contribution is 2.55. The van der Waals surface area contributed by atoms with Gasteiger partial charge in [-0.15, -0.1) is 0 Å². The Bertz CT molecular complexity index is 719. The van der Waals surface area contributed by atoms with E-state index in [2.05, 4.69) is 13.8 Å². The molecule has 1 unspecified atom stereocenters. The Morgan fingerprint density at radius 3 is 2.44 bits per heavy atom. The Kier molecular flexibility index (Phi) is 4.67. The molecule has 27 heavy (non-hydrogen) atoms. The van der Waals surface area contributed by atoms with Crippen molar-refractivity contribution in [1.82, 2.24) is 9.21 Å². The summed E-state index contributed by atoms with van der Waals surface area (Å²) in [5, 5.41) is 0. The Hall–Kier alpha value is -0.660. The number of ether oxygens (including phenoxy) is 1. The van der Waals surface area contributed by atoms with Crippen molar-refractivity contribution in [1.29, 1.82) is 0 Å². The topological polar surface area (TPSA) is 66.9 Å². The standard InChI is InChI=1S/C20H34N2O4S/c1-14(2)17(22-8-5-9-27(22,24)25)18(23)21-12-19(3,4)26-20(13-21)11-15-6-7-16(20)10-15/h14-17H,5-13H2,1-4H3/t15-,16+,17?,20+/m1/s1. The van der Waals surface area contributed by atoms with Crippen LogP contribution in [0.1, 0.15) is 59.8 Å². The number of morpholine rings is 1. The van der Waals surface area contributed by atoms with Gasteiger partial charge in [-0.3, -0.25) is 4.79 Å². The highest BCUT2D eigenvalue weighted by Gasteiger charge is 2.58. The molecule has 4 aliphatic rings. The summed E-state index contributed by atoms with van der Waals surface area (Å²) in [7, 11) is -3.33. The third-order valence-corrected chi connectivity index (χ3v) is 9.00. The van der Waals surface area contributed by atoms with E-state index in [1.54, 1.807) is 0 Å². The lowest BCUT2D eigenvalue weighted by atomic mass is 9.80. The smallest absolute Gasteiger partial charge is 0.241 e. The van der Waals surface area contributed by atoms with Crippen LogP contribution in [0.4, 0.5) is 0 Å². The van der Waals surface area contributed by atoms with E-state index in [4.69, 9.17) is 4.74 Å². The fourth-order valence-electron chi connectivity index (χ4n) is 6.22. The molecule has 4 atom stereocenters. The van der Waals surface area contributed by atoms with Crippen molar-refractivity contribution < 1.29 is 17.9 Å². The average molecular weight is 399 g/mol. The zero-order valence-electron chi connectivity index (χ0n) is 17.1. The first-order valence-corrected chi connectivity index (χ1v) is 12.1. The summed E-state index contributed by atoms with van der Waals surface area (Å²) < 4.78 is 33.1. The van der Waals surface area contributed by atoms with E-state index in [1.165, 1.54) is 23.6 Å². The number of sulfonamides is 1. The van der Waals surface area contributed by atoms with Crippen molar-refractivity contribution >= 4 is 15.9 Å². The van der Waals surface area contributed by atoms with Gasteiger partial charge in [-0.2, -0.15) is 4.31 Å². The molecule has 1 spiro atoms. The van der Waals surface area contributed by atoms with Gasteiger partial charge < -0.3 is 9.64 Å². The van der Waals surface area contributed by atoms with Gasteiger partial charge in [-0.25, -0.2) is 8.42 Å². The molecule has 0 aromatic heterocycles. The van der Waals surface area contributed by atoms with Gasteiger partial charge >= 0.3 is 0 Å². The molecule has 0 radical (unpaired) electrons. The van der Waals surface area contributed by atoms with Gasteiger partial charge in [0.15, 0.2) is 0 Å². The van der Waals surface area contributed by atoms with Gasteiger partial charge in [0, 0.05) is 13.1 Å². The third kappa shape index (κ3) is 3.33. The van der Waals surface area contributed by atoms with Crippen LogP contribution in [0.3, 0.4) is 0 Å². The molecular formula is C20H34N2O4S. The predicted octanol–water partition coefficient (Wildman–Crippen LogP) is 2.24. The van der Waals surface area contributed by atoms with Crippen LogP contribution in [0.5, 0.6) is 0 Å². The van der Waals surface area contributed by atoms with Crippen molar-refractivity contribution in [2.45, 2.75) is 77.0 Å². The van der Waals surface area contributed by atoms with Crippen LogP contribution in [0.25, 0.3) is 0 Å². The minimum Gasteiger partial charge on any atom is -0.365 e. The van der Waals surface area contributed by atoms with Crippen LogP contribution in [-0.2, 0) is 19.6 Å². The van der Waals surface area contributed by atoms with Crippen molar-refractivity contribution in [3.8, 4) is 0 Å². The van der Waals surface area contributed by atoms with E-state index in [1.807, 2.05) is 18.7 Å². The second-order valence-corrected chi connectivity index (χ2v) is 12.2. The predicted molar refractivity (Wildman–Crippen MR) is 104 cm³/mol. The van der Waals surface area contributed by atoms with Crippen LogP contribution in [0.2, 0.25) is 0 Å². The molecule has 6 nitrogen and oxygen atoms in total. The molecule has 2 aliphatic carbocycles. The van der Waals surface area contributed by atoms with E-state index in [9.17, 15) is 13.2 Å². The maximum atomic E-state index is 13.6. The molecule has 0 N–H and O–H groups in total. The van der Waals surface area contributed by atoms with Crippen LogP contribution in [0.15, 0.2) is 0 Å². The van der Waals surface area contributed by atoms with Gasteiger partial charge in [-0.05, 0) is 63.7 Å². The number of hydrogen-bond acceptors (Lipinski definition) is 4. The fourth-order valence-corrected chi connectivity index (χ4v) is 8.04. The molecule has 4 rings (SSSR count). The zero-order chi connectivity index (χ0) is 19.6. The Morgan fingerprint density at radius 2 is 1.93 bits per heavy atom. The van der Waals surface area contributed by atoms with Gasteiger partial charge in [0.05, 0.1) is 23.5 Å². The first kappa shape index (κ1) is 19.6. The molecule has 154 valence electrons. The zero-order valence-corrected chi connectivity index (χ0v) is 17.9. The van der Waals surface area contributed by atoms with Crippen molar-refractivity contribution in [2.75, 3.05) is 25.4 Å². The highest BCUT2D eigenvalue weighted by atomic mass is 32.2. The van der Waals surface area contributed by atoms with Crippen LogP contribution in [0, 0.1) is 17.8 Å². The largest absolute Gasteiger partial charge is 0.365 e. The Morgan fingerprint density at radius 1 is 1.19 bits per heavy atom. The lowest BCUT2D eigenvalue weighted by Crippen LogP contribution is -2.65. The number of amides is 1. The third-order valence-electron chi connectivity index (χ3n) is 7.07. The number of hydrogen-bond donors (Lipinski definition) is 0. The van der Waals surface area contributed by atoms with Gasteiger partial charge in [0.2, 0.25) is 15.9 Å². The Labute approximate surface area is 163 Å². The normalized spacial score (nSPS) is 38.8. The van der Waals surface area contributed by atoms with Crippen molar-refractivity contribution in [3.63, 3.8) is 0 Å². The summed E-state index contributed by atoms with van der Waals surface area (Å²) in [6.45, 7) is 9.65.